The van der Waals surface area contributed by atoms with Crippen LogP contribution < -0.4 is 16.0 Å². The standard InChI is InChI=1S/C13H15N3O2S/c1-2-10-13(18)15-11(17)7-16(10)9-5-3-8(4-6-9)12(14)19/h3-6,10H,2,7H2,1H3,(H2,14,19)(H,15,17,18). The fraction of sp³-hybridized carbons (Fsp3) is 0.308. The number of carbonyl (C=O) groups is 2. The van der Waals surface area contributed by atoms with Gasteiger partial charge in [-0.05, 0) is 30.7 Å². The number of imide groups is 1. The van der Waals surface area contributed by atoms with Crippen molar-refractivity contribution in [2.75, 3.05) is 11.4 Å². The lowest BCUT2D eigenvalue weighted by atomic mass is 10.1. The van der Waals surface area contributed by atoms with Crippen molar-refractivity contribution in [1.82, 2.24) is 5.32 Å². The Morgan fingerprint density at radius 1 is 1.42 bits per heavy atom. The van der Waals surface area contributed by atoms with Gasteiger partial charge in [-0.1, -0.05) is 19.1 Å². The lowest BCUT2D eigenvalue weighted by Crippen LogP contribution is -2.58. The molecule has 0 radical (unpaired) electrons. The molecular formula is C13H15N3O2S. The van der Waals surface area contributed by atoms with Crippen LogP contribution in [0.15, 0.2) is 24.3 Å². The molecule has 0 aromatic heterocycles. The van der Waals surface area contributed by atoms with Crippen LogP contribution in [0.1, 0.15) is 18.9 Å². The van der Waals surface area contributed by atoms with Crippen LogP contribution in [0.5, 0.6) is 0 Å². The van der Waals surface area contributed by atoms with Gasteiger partial charge in [0.15, 0.2) is 0 Å². The SMILES string of the molecule is CCC1C(=O)NC(=O)CN1c1ccc(C(N)=S)cc1. The molecule has 1 heterocycles. The summed E-state index contributed by atoms with van der Waals surface area (Å²) in [5.41, 5.74) is 7.12. The molecule has 1 saturated heterocycles. The third kappa shape index (κ3) is 2.73. The highest BCUT2D eigenvalue weighted by Gasteiger charge is 2.32. The summed E-state index contributed by atoms with van der Waals surface area (Å²) in [6, 6.07) is 6.91. The Kier molecular flexibility index (Phi) is 3.80. The van der Waals surface area contributed by atoms with Crippen molar-refractivity contribution < 1.29 is 9.59 Å². The van der Waals surface area contributed by atoms with Crippen molar-refractivity contribution in [3.05, 3.63) is 29.8 Å². The topological polar surface area (TPSA) is 75.4 Å². The fourth-order valence-electron chi connectivity index (χ4n) is 2.16. The van der Waals surface area contributed by atoms with Crippen LogP contribution in [0, 0.1) is 0 Å². The zero-order valence-corrected chi connectivity index (χ0v) is 11.4. The highest BCUT2D eigenvalue weighted by Crippen LogP contribution is 2.21. The van der Waals surface area contributed by atoms with Gasteiger partial charge >= 0.3 is 0 Å². The molecule has 0 spiro atoms. The highest BCUT2D eigenvalue weighted by molar-refractivity contribution is 7.80. The van der Waals surface area contributed by atoms with E-state index in [2.05, 4.69) is 5.32 Å². The van der Waals surface area contributed by atoms with Crippen molar-refractivity contribution >= 4 is 34.7 Å². The minimum atomic E-state index is -0.326. The van der Waals surface area contributed by atoms with E-state index in [0.29, 0.717) is 11.4 Å². The molecule has 5 nitrogen and oxygen atoms in total. The van der Waals surface area contributed by atoms with E-state index in [4.69, 9.17) is 18.0 Å². The smallest absolute Gasteiger partial charge is 0.249 e. The van der Waals surface area contributed by atoms with Crippen LogP contribution in [-0.2, 0) is 9.59 Å². The number of nitrogens with two attached hydrogens (primary N) is 1. The van der Waals surface area contributed by atoms with Gasteiger partial charge in [-0.3, -0.25) is 14.9 Å². The second-order valence-electron chi connectivity index (χ2n) is 4.38. The molecule has 1 atom stereocenters. The van der Waals surface area contributed by atoms with Gasteiger partial charge in [0, 0.05) is 11.3 Å². The first-order chi connectivity index (χ1) is 9.02. The number of carbonyl (C=O) groups excluding carboxylic acids is 2. The van der Waals surface area contributed by atoms with Crippen LogP contribution in [-0.4, -0.2) is 29.4 Å². The summed E-state index contributed by atoms with van der Waals surface area (Å²) >= 11 is 4.89. The van der Waals surface area contributed by atoms with E-state index in [0.717, 1.165) is 11.3 Å². The summed E-state index contributed by atoms with van der Waals surface area (Å²) in [6.07, 6.45) is 0.635. The monoisotopic (exact) mass is 277 g/mol. The summed E-state index contributed by atoms with van der Waals surface area (Å²) in [4.78, 5) is 25.4. The minimum Gasteiger partial charge on any atom is -0.389 e. The number of hydrogen-bond donors (Lipinski definition) is 2. The Labute approximate surface area is 116 Å². The van der Waals surface area contributed by atoms with Gasteiger partial charge in [0.05, 0.1) is 6.54 Å². The van der Waals surface area contributed by atoms with Crippen LogP contribution in [0.3, 0.4) is 0 Å². The fourth-order valence-corrected chi connectivity index (χ4v) is 2.30. The summed E-state index contributed by atoms with van der Waals surface area (Å²) in [6.45, 7) is 2.09. The molecule has 2 amide bonds. The molecule has 3 N–H and O–H groups in total. The molecule has 19 heavy (non-hydrogen) atoms. The average molecular weight is 277 g/mol. The number of nitrogens with zero attached hydrogens (tertiary/aromatic N) is 1. The number of rotatable bonds is 3. The predicted octanol–water partition coefficient (Wildman–Crippen LogP) is 0.562. The van der Waals surface area contributed by atoms with E-state index < -0.39 is 0 Å². The van der Waals surface area contributed by atoms with E-state index in [1.807, 2.05) is 19.1 Å². The molecule has 0 saturated carbocycles. The number of hydrogen-bond acceptors (Lipinski definition) is 4. The minimum absolute atomic E-state index is 0.177. The van der Waals surface area contributed by atoms with Crippen molar-refractivity contribution in [3.8, 4) is 0 Å². The molecule has 0 bridgehead atoms. The lowest BCUT2D eigenvalue weighted by Gasteiger charge is -2.35. The number of benzene rings is 1. The van der Waals surface area contributed by atoms with Gasteiger partial charge in [-0.2, -0.15) is 0 Å². The largest absolute Gasteiger partial charge is 0.389 e. The summed E-state index contributed by atoms with van der Waals surface area (Å²) in [7, 11) is 0. The van der Waals surface area contributed by atoms with Gasteiger partial charge in [0.2, 0.25) is 11.8 Å². The number of anilines is 1. The maximum Gasteiger partial charge on any atom is 0.249 e. The molecule has 1 fully saturated rings. The Bertz CT molecular complexity index is 527. The second-order valence-corrected chi connectivity index (χ2v) is 4.82. The zero-order chi connectivity index (χ0) is 14.0. The summed E-state index contributed by atoms with van der Waals surface area (Å²) < 4.78 is 0. The van der Waals surface area contributed by atoms with E-state index in [1.165, 1.54) is 0 Å². The molecule has 1 aliphatic rings. The first kappa shape index (κ1) is 13.5. The molecule has 2 rings (SSSR count). The molecular weight excluding hydrogens is 262 g/mol. The molecule has 1 aromatic rings. The van der Waals surface area contributed by atoms with E-state index in [-0.39, 0.29) is 24.4 Å². The van der Waals surface area contributed by atoms with Crippen molar-refractivity contribution in [1.29, 1.82) is 0 Å². The van der Waals surface area contributed by atoms with Gasteiger partial charge in [0.1, 0.15) is 11.0 Å². The van der Waals surface area contributed by atoms with E-state index in [9.17, 15) is 9.59 Å². The molecule has 6 heteroatoms. The number of thiocarbonyl (C=S) groups is 1. The summed E-state index contributed by atoms with van der Waals surface area (Å²) in [5.74, 6) is -0.537. The molecule has 0 aliphatic carbocycles. The second kappa shape index (κ2) is 5.36. The Morgan fingerprint density at radius 2 is 2.05 bits per heavy atom. The van der Waals surface area contributed by atoms with Crippen LogP contribution in [0.25, 0.3) is 0 Å². The molecule has 1 aromatic carbocycles. The van der Waals surface area contributed by atoms with Crippen LogP contribution >= 0.6 is 12.2 Å². The summed E-state index contributed by atoms with van der Waals surface area (Å²) in [5, 5.41) is 2.35. The van der Waals surface area contributed by atoms with Crippen molar-refractivity contribution in [3.63, 3.8) is 0 Å². The van der Waals surface area contributed by atoms with Crippen molar-refractivity contribution in [2.24, 2.45) is 5.73 Å². The Morgan fingerprint density at radius 3 is 2.58 bits per heavy atom. The first-order valence-corrected chi connectivity index (χ1v) is 6.44. The van der Waals surface area contributed by atoms with Crippen LogP contribution in [0.2, 0.25) is 0 Å². The molecule has 1 unspecified atom stereocenters. The first-order valence-electron chi connectivity index (χ1n) is 6.03. The number of nitrogens with one attached hydrogen (secondary N) is 1. The van der Waals surface area contributed by atoms with Crippen molar-refractivity contribution in [2.45, 2.75) is 19.4 Å². The maximum absolute atomic E-state index is 11.8. The third-order valence-electron chi connectivity index (χ3n) is 3.13. The number of piperazine rings is 1. The Hall–Kier alpha value is -1.95. The van der Waals surface area contributed by atoms with Crippen LogP contribution in [0.4, 0.5) is 5.69 Å². The average Bonchev–Trinajstić information content (AvgIpc) is 2.38. The molecule has 100 valence electrons. The van der Waals surface area contributed by atoms with Gasteiger partial charge < -0.3 is 10.6 Å². The highest BCUT2D eigenvalue weighted by atomic mass is 32.1. The maximum atomic E-state index is 11.8. The third-order valence-corrected chi connectivity index (χ3v) is 3.36. The Balaban J connectivity index is 2.29. The zero-order valence-electron chi connectivity index (χ0n) is 10.6. The number of amides is 2. The van der Waals surface area contributed by atoms with E-state index in [1.54, 1.807) is 17.0 Å². The lowest BCUT2D eigenvalue weighted by molar-refractivity contribution is -0.132. The normalized spacial score (nSPS) is 19.2. The van der Waals surface area contributed by atoms with Gasteiger partial charge in [-0.25, -0.2) is 0 Å². The quantitative estimate of drug-likeness (QED) is 0.624. The predicted molar refractivity (Wildman–Crippen MR) is 76.9 cm³/mol. The molecule has 1 aliphatic heterocycles. The van der Waals surface area contributed by atoms with Gasteiger partial charge in [-0.15, -0.1) is 0 Å². The van der Waals surface area contributed by atoms with Gasteiger partial charge in [0.25, 0.3) is 0 Å². The van der Waals surface area contributed by atoms with E-state index >= 15 is 0 Å².